The highest BCUT2D eigenvalue weighted by molar-refractivity contribution is 6.31. The maximum atomic E-state index is 5.98. The van der Waals surface area contributed by atoms with Crippen LogP contribution < -0.4 is 5.73 Å². The van der Waals surface area contributed by atoms with Crippen molar-refractivity contribution in [3.63, 3.8) is 0 Å². The van der Waals surface area contributed by atoms with Gasteiger partial charge in [-0.3, -0.25) is 0 Å². The number of nitrogens with two attached hydrogens (primary N) is 1. The molecule has 1 aromatic heterocycles. The van der Waals surface area contributed by atoms with Gasteiger partial charge in [0.15, 0.2) is 0 Å². The molecule has 1 atom stereocenters. The largest absolute Gasteiger partial charge is 0.342 e. The molecule has 86 valence electrons. The van der Waals surface area contributed by atoms with Crippen LogP contribution in [0.1, 0.15) is 25.6 Å². The number of nitrogens with zero attached hydrogens (tertiary/aromatic N) is 1. The number of aromatic nitrogens is 2. The van der Waals surface area contributed by atoms with E-state index in [9.17, 15) is 0 Å². The number of rotatable bonds is 4. The molecule has 2 rings (SSSR count). The molecule has 4 heteroatoms. The first-order valence-electron chi connectivity index (χ1n) is 5.58. The van der Waals surface area contributed by atoms with Crippen molar-refractivity contribution < 1.29 is 0 Å². The fourth-order valence-corrected chi connectivity index (χ4v) is 2.02. The standard InChI is InChI=1S/C12H16ClN3/c1-2-3-9(14)7-12-15-10-5-4-8(13)6-11(10)16-12/h4-6,9H,2-3,7,14H2,1H3,(H,15,16). The summed E-state index contributed by atoms with van der Waals surface area (Å²) in [7, 11) is 0. The molecule has 1 unspecified atom stereocenters. The predicted octanol–water partition coefficient (Wildman–Crippen LogP) is 2.89. The van der Waals surface area contributed by atoms with E-state index in [2.05, 4.69) is 16.9 Å². The molecular formula is C12H16ClN3. The summed E-state index contributed by atoms with van der Waals surface area (Å²) in [5, 5.41) is 0.723. The normalized spacial score (nSPS) is 13.2. The van der Waals surface area contributed by atoms with E-state index < -0.39 is 0 Å². The number of benzene rings is 1. The lowest BCUT2D eigenvalue weighted by Gasteiger charge is -2.06. The van der Waals surface area contributed by atoms with Gasteiger partial charge in [0.1, 0.15) is 5.82 Å². The van der Waals surface area contributed by atoms with E-state index >= 15 is 0 Å². The predicted molar refractivity (Wildman–Crippen MR) is 67.7 cm³/mol. The van der Waals surface area contributed by atoms with Crippen molar-refractivity contribution in [3.05, 3.63) is 29.0 Å². The fourth-order valence-electron chi connectivity index (χ4n) is 1.85. The summed E-state index contributed by atoms with van der Waals surface area (Å²) in [5.41, 5.74) is 7.91. The zero-order valence-corrected chi connectivity index (χ0v) is 10.1. The molecule has 1 heterocycles. The van der Waals surface area contributed by atoms with Crippen LogP contribution in [-0.4, -0.2) is 16.0 Å². The third-order valence-electron chi connectivity index (χ3n) is 2.61. The molecule has 16 heavy (non-hydrogen) atoms. The molecule has 0 amide bonds. The maximum absolute atomic E-state index is 5.98. The molecule has 0 bridgehead atoms. The summed E-state index contributed by atoms with van der Waals surface area (Å²) < 4.78 is 0. The van der Waals surface area contributed by atoms with Gasteiger partial charge in [0.25, 0.3) is 0 Å². The van der Waals surface area contributed by atoms with E-state index in [0.29, 0.717) is 0 Å². The van der Waals surface area contributed by atoms with Gasteiger partial charge < -0.3 is 10.7 Å². The number of hydrogen-bond acceptors (Lipinski definition) is 2. The minimum absolute atomic E-state index is 0.182. The lowest BCUT2D eigenvalue weighted by Crippen LogP contribution is -2.22. The van der Waals surface area contributed by atoms with E-state index in [0.717, 1.165) is 41.1 Å². The molecule has 0 radical (unpaired) electrons. The summed E-state index contributed by atoms with van der Waals surface area (Å²) in [6.07, 6.45) is 2.92. The summed E-state index contributed by atoms with van der Waals surface area (Å²) in [4.78, 5) is 7.73. The van der Waals surface area contributed by atoms with Crippen molar-refractivity contribution in [3.8, 4) is 0 Å². The first-order valence-corrected chi connectivity index (χ1v) is 5.96. The van der Waals surface area contributed by atoms with Gasteiger partial charge in [0.05, 0.1) is 11.0 Å². The van der Waals surface area contributed by atoms with Gasteiger partial charge in [-0.1, -0.05) is 24.9 Å². The molecular weight excluding hydrogens is 222 g/mol. The number of hydrogen-bond donors (Lipinski definition) is 2. The van der Waals surface area contributed by atoms with Crippen molar-refractivity contribution in [2.24, 2.45) is 5.73 Å². The smallest absolute Gasteiger partial charge is 0.108 e. The Morgan fingerprint density at radius 3 is 3.06 bits per heavy atom. The van der Waals surface area contributed by atoms with Crippen LogP contribution in [0, 0.1) is 0 Å². The summed E-state index contributed by atoms with van der Waals surface area (Å²) in [5.74, 6) is 0.943. The van der Waals surface area contributed by atoms with Crippen LogP contribution in [0.15, 0.2) is 18.2 Å². The molecule has 0 saturated heterocycles. The number of halogens is 1. The second kappa shape index (κ2) is 4.85. The van der Waals surface area contributed by atoms with Gasteiger partial charge in [-0.25, -0.2) is 4.98 Å². The average Bonchev–Trinajstić information content (AvgIpc) is 2.59. The van der Waals surface area contributed by atoms with Crippen LogP contribution in [0.3, 0.4) is 0 Å². The number of nitrogens with one attached hydrogen (secondary N) is 1. The SMILES string of the molecule is CCCC(N)Cc1nc2ccc(Cl)cc2[nH]1. The Kier molecular flexibility index (Phi) is 3.46. The molecule has 0 saturated carbocycles. The monoisotopic (exact) mass is 237 g/mol. The molecule has 3 nitrogen and oxygen atoms in total. The Hall–Kier alpha value is -1.06. The van der Waals surface area contributed by atoms with Crippen molar-refractivity contribution in [1.29, 1.82) is 0 Å². The minimum atomic E-state index is 0.182. The third kappa shape index (κ3) is 2.54. The highest BCUT2D eigenvalue weighted by Crippen LogP contribution is 2.17. The zero-order chi connectivity index (χ0) is 11.5. The molecule has 0 fully saturated rings. The quantitative estimate of drug-likeness (QED) is 0.859. The zero-order valence-electron chi connectivity index (χ0n) is 9.33. The van der Waals surface area contributed by atoms with Gasteiger partial charge in [-0.2, -0.15) is 0 Å². The molecule has 3 N–H and O–H groups in total. The number of fused-ring (bicyclic) bond motifs is 1. The van der Waals surface area contributed by atoms with Gasteiger partial charge in [-0.05, 0) is 24.6 Å². The molecule has 0 aliphatic rings. The van der Waals surface area contributed by atoms with Crippen LogP contribution in [0.5, 0.6) is 0 Å². The van der Waals surface area contributed by atoms with E-state index in [1.54, 1.807) is 0 Å². The molecule has 0 aliphatic carbocycles. The van der Waals surface area contributed by atoms with Crippen molar-refractivity contribution in [2.45, 2.75) is 32.2 Å². The minimum Gasteiger partial charge on any atom is -0.342 e. The summed E-state index contributed by atoms with van der Waals surface area (Å²) in [6, 6.07) is 5.84. The third-order valence-corrected chi connectivity index (χ3v) is 2.84. The van der Waals surface area contributed by atoms with E-state index in [1.807, 2.05) is 18.2 Å². The van der Waals surface area contributed by atoms with Gasteiger partial charge in [0, 0.05) is 17.5 Å². The summed E-state index contributed by atoms with van der Waals surface area (Å²) in [6.45, 7) is 2.14. The highest BCUT2D eigenvalue weighted by atomic mass is 35.5. The Morgan fingerprint density at radius 1 is 1.50 bits per heavy atom. The number of aromatic amines is 1. The van der Waals surface area contributed by atoms with Crippen LogP contribution in [-0.2, 0) is 6.42 Å². The summed E-state index contributed by atoms with van der Waals surface area (Å²) >= 11 is 5.91. The first-order chi connectivity index (χ1) is 7.69. The van der Waals surface area contributed by atoms with Crippen molar-refractivity contribution in [2.75, 3.05) is 0 Å². The maximum Gasteiger partial charge on any atom is 0.108 e. The number of H-pyrrole nitrogens is 1. The average molecular weight is 238 g/mol. The van der Waals surface area contributed by atoms with Gasteiger partial charge in [0.2, 0.25) is 0 Å². The van der Waals surface area contributed by atoms with Crippen LogP contribution in [0.2, 0.25) is 5.02 Å². The molecule has 0 aliphatic heterocycles. The Labute approximate surface area is 100 Å². The molecule has 2 aromatic rings. The molecule has 0 spiro atoms. The van der Waals surface area contributed by atoms with Crippen molar-refractivity contribution in [1.82, 2.24) is 9.97 Å². The Morgan fingerprint density at radius 2 is 2.31 bits per heavy atom. The van der Waals surface area contributed by atoms with Gasteiger partial charge >= 0.3 is 0 Å². The van der Waals surface area contributed by atoms with Gasteiger partial charge in [-0.15, -0.1) is 0 Å². The second-order valence-corrected chi connectivity index (χ2v) is 4.53. The van der Waals surface area contributed by atoms with Crippen LogP contribution in [0.25, 0.3) is 11.0 Å². The van der Waals surface area contributed by atoms with E-state index in [1.165, 1.54) is 0 Å². The van der Waals surface area contributed by atoms with E-state index in [4.69, 9.17) is 17.3 Å². The first kappa shape index (κ1) is 11.4. The fraction of sp³-hybridized carbons (Fsp3) is 0.417. The topological polar surface area (TPSA) is 54.7 Å². The van der Waals surface area contributed by atoms with Crippen molar-refractivity contribution >= 4 is 22.6 Å². The van der Waals surface area contributed by atoms with Crippen LogP contribution >= 0.6 is 11.6 Å². The lowest BCUT2D eigenvalue weighted by molar-refractivity contribution is 0.588. The Bertz CT molecular complexity index is 478. The Balaban J connectivity index is 2.19. The highest BCUT2D eigenvalue weighted by Gasteiger charge is 2.07. The van der Waals surface area contributed by atoms with E-state index in [-0.39, 0.29) is 6.04 Å². The second-order valence-electron chi connectivity index (χ2n) is 4.10. The number of imidazole rings is 1. The molecule has 1 aromatic carbocycles. The lowest BCUT2D eigenvalue weighted by atomic mass is 10.1. The van der Waals surface area contributed by atoms with Crippen LogP contribution in [0.4, 0.5) is 0 Å².